The highest BCUT2D eigenvalue weighted by molar-refractivity contribution is 5.86. The average Bonchev–Trinajstić information content (AvgIpc) is 3.23. The van der Waals surface area contributed by atoms with Gasteiger partial charge in [-0.1, -0.05) is 0 Å². The fourth-order valence-corrected chi connectivity index (χ4v) is 3.13. The molecule has 8 heteroatoms. The number of hydrogen-bond acceptors (Lipinski definition) is 4. The summed E-state index contributed by atoms with van der Waals surface area (Å²) in [7, 11) is 0. The Labute approximate surface area is 142 Å². The van der Waals surface area contributed by atoms with E-state index in [9.17, 15) is 14.0 Å². The van der Waals surface area contributed by atoms with Crippen molar-refractivity contribution in [3.8, 4) is 0 Å². The minimum absolute atomic E-state index is 0.0435. The Morgan fingerprint density at radius 2 is 2.24 bits per heavy atom. The number of nitrogens with zero attached hydrogens (tertiary/aromatic N) is 3. The highest BCUT2D eigenvalue weighted by atomic mass is 19.1. The molecule has 1 N–H and O–H groups in total. The second kappa shape index (κ2) is 6.29. The van der Waals surface area contributed by atoms with E-state index < -0.39 is 5.56 Å². The third-order valence-electron chi connectivity index (χ3n) is 4.41. The van der Waals surface area contributed by atoms with Gasteiger partial charge in [-0.3, -0.25) is 14.0 Å². The normalized spacial score (nSPS) is 17.4. The van der Waals surface area contributed by atoms with Gasteiger partial charge >= 0.3 is 0 Å². The second-order valence-electron chi connectivity index (χ2n) is 6.14. The van der Waals surface area contributed by atoms with E-state index in [2.05, 4.69) is 10.4 Å². The number of hydrogen-bond donors (Lipinski definition) is 1. The molecule has 4 rings (SSSR count). The van der Waals surface area contributed by atoms with Gasteiger partial charge in [-0.2, -0.15) is 5.10 Å². The van der Waals surface area contributed by atoms with Crippen LogP contribution in [-0.4, -0.2) is 39.3 Å². The molecule has 1 atom stereocenters. The van der Waals surface area contributed by atoms with E-state index in [4.69, 9.17) is 4.74 Å². The Balaban J connectivity index is 1.57. The molecule has 0 radical (unpaired) electrons. The standard InChI is InChI=1S/C17H17FN4O3/c18-12-3-4-14-11(6-12)7-15-17(24)22(20-10-21(14)15)9-16(23)19-8-13-2-1-5-25-13/h3-4,6-7,10,13H,1-2,5,8-9H2,(H,19,23)/t13-/m0/s1. The lowest BCUT2D eigenvalue weighted by Crippen LogP contribution is -2.37. The molecule has 0 unspecified atom stereocenters. The van der Waals surface area contributed by atoms with Gasteiger partial charge in [0, 0.05) is 18.5 Å². The summed E-state index contributed by atoms with van der Waals surface area (Å²) < 4.78 is 21.5. The lowest BCUT2D eigenvalue weighted by molar-refractivity contribution is -0.122. The first kappa shape index (κ1) is 15.8. The molecule has 2 aromatic heterocycles. The van der Waals surface area contributed by atoms with Gasteiger partial charge in [0.1, 0.15) is 24.2 Å². The Bertz CT molecular complexity index is 1000. The first-order chi connectivity index (χ1) is 12.1. The molecule has 7 nitrogen and oxygen atoms in total. The van der Waals surface area contributed by atoms with E-state index in [1.165, 1.54) is 18.5 Å². The predicted octanol–water partition coefficient (Wildman–Crippen LogP) is 1.08. The van der Waals surface area contributed by atoms with Gasteiger partial charge in [0.25, 0.3) is 5.56 Å². The minimum Gasteiger partial charge on any atom is -0.376 e. The van der Waals surface area contributed by atoms with E-state index >= 15 is 0 Å². The maximum absolute atomic E-state index is 13.4. The summed E-state index contributed by atoms with van der Waals surface area (Å²) in [5, 5.41) is 7.43. The maximum Gasteiger partial charge on any atom is 0.291 e. The molecule has 3 aromatic rings. The summed E-state index contributed by atoms with van der Waals surface area (Å²) in [5.74, 6) is -0.665. The molecule has 3 heterocycles. The van der Waals surface area contributed by atoms with Gasteiger partial charge in [0.15, 0.2) is 0 Å². The third kappa shape index (κ3) is 3.00. The van der Waals surface area contributed by atoms with Crippen LogP contribution in [0, 0.1) is 5.82 Å². The van der Waals surface area contributed by atoms with Gasteiger partial charge in [-0.05, 0) is 37.1 Å². The molecule has 0 bridgehead atoms. The first-order valence-electron chi connectivity index (χ1n) is 8.16. The summed E-state index contributed by atoms with van der Waals surface area (Å²) in [6.07, 6.45) is 3.43. The van der Waals surface area contributed by atoms with Crippen molar-refractivity contribution in [2.75, 3.05) is 13.2 Å². The van der Waals surface area contributed by atoms with Crippen molar-refractivity contribution in [2.24, 2.45) is 0 Å². The monoisotopic (exact) mass is 344 g/mol. The zero-order chi connectivity index (χ0) is 17.4. The van der Waals surface area contributed by atoms with Crippen LogP contribution in [-0.2, 0) is 16.1 Å². The van der Waals surface area contributed by atoms with E-state index in [1.807, 2.05) is 0 Å². The highest BCUT2D eigenvalue weighted by Crippen LogP contribution is 2.18. The van der Waals surface area contributed by atoms with Crippen LogP contribution in [0.5, 0.6) is 0 Å². The molecular formula is C17H17FN4O3. The Kier molecular flexibility index (Phi) is 3.96. The van der Waals surface area contributed by atoms with Crippen LogP contribution in [0.2, 0.25) is 0 Å². The highest BCUT2D eigenvalue weighted by Gasteiger charge is 2.17. The number of ether oxygens (including phenoxy) is 1. The maximum atomic E-state index is 13.4. The number of nitrogens with one attached hydrogen (secondary N) is 1. The number of amides is 1. The van der Waals surface area contributed by atoms with E-state index in [-0.39, 0.29) is 24.4 Å². The summed E-state index contributed by atoms with van der Waals surface area (Å²) in [4.78, 5) is 24.6. The van der Waals surface area contributed by atoms with Crippen LogP contribution < -0.4 is 10.9 Å². The Morgan fingerprint density at radius 1 is 1.36 bits per heavy atom. The number of halogens is 1. The van der Waals surface area contributed by atoms with Crippen LogP contribution in [0.15, 0.2) is 35.4 Å². The number of carbonyl (C=O) groups excluding carboxylic acids is 1. The summed E-state index contributed by atoms with van der Waals surface area (Å²) in [5.41, 5.74) is 0.643. The molecule has 0 spiro atoms. The number of aromatic nitrogens is 3. The van der Waals surface area contributed by atoms with Gasteiger partial charge in [0.2, 0.25) is 5.91 Å². The topological polar surface area (TPSA) is 77.6 Å². The predicted molar refractivity (Wildman–Crippen MR) is 88.9 cm³/mol. The second-order valence-corrected chi connectivity index (χ2v) is 6.14. The van der Waals surface area contributed by atoms with Crippen molar-refractivity contribution in [3.63, 3.8) is 0 Å². The van der Waals surface area contributed by atoms with E-state index in [1.54, 1.807) is 16.5 Å². The van der Waals surface area contributed by atoms with Crippen LogP contribution >= 0.6 is 0 Å². The van der Waals surface area contributed by atoms with Crippen molar-refractivity contribution >= 4 is 22.3 Å². The lowest BCUT2D eigenvalue weighted by Gasteiger charge is -2.11. The molecule has 130 valence electrons. The molecule has 1 amide bonds. The zero-order valence-electron chi connectivity index (χ0n) is 13.4. The summed E-state index contributed by atoms with van der Waals surface area (Å²) in [6, 6.07) is 5.89. The van der Waals surface area contributed by atoms with Gasteiger partial charge in [-0.15, -0.1) is 0 Å². The molecule has 1 aromatic carbocycles. The number of fused-ring (bicyclic) bond motifs is 3. The van der Waals surface area contributed by atoms with Gasteiger partial charge < -0.3 is 10.1 Å². The number of rotatable bonds is 4. The summed E-state index contributed by atoms with van der Waals surface area (Å²) >= 11 is 0. The Morgan fingerprint density at radius 3 is 3.04 bits per heavy atom. The van der Waals surface area contributed by atoms with E-state index in [0.717, 1.165) is 24.1 Å². The smallest absolute Gasteiger partial charge is 0.291 e. The lowest BCUT2D eigenvalue weighted by atomic mass is 10.2. The van der Waals surface area contributed by atoms with Crippen LogP contribution in [0.25, 0.3) is 16.4 Å². The zero-order valence-corrected chi connectivity index (χ0v) is 13.4. The fourth-order valence-electron chi connectivity index (χ4n) is 3.13. The molecule has 1 saturated heterocycles. The van der Waals surface area contributed by atoms with Crippen molar-refractivity contribution in [2.45, 2.75) is 25.5 Å². The average molecular weight is 344 g/mol. The summed E-state index contributed by atoms with van der Waals surface area (Å²) in [6.45, 7) is 0.989. The first-order valence-corrected chi connectivity index (χ1v) is 8.16. The van der Waals surface area contributed by atoms with Crippen molar-refractivity contribution in [1.82, 2.24) is 19.5 Å². The molecule has 0 aliphatic carbocycles. The minimum atomic E-state index is -0.397. The van der Waals surface area contributed by atoms with Crippen molar-refractivity contribution in [1.29, 1.82) is 0 Å². The van der Waals surface area contributed by atoms with Crippen LogP contribution in [0.1, 0.15) is 12.8 Å². The van der Waals surface area contributed by atoms with Gasteiger partial charge in [0.05, 0.1) is 11.6 Å². The quantitative estimate of drug-likeness (QED) is 0.768. The van der Waals surface area contributed by atoms with Crippen LogP contribution in [0.3, 0.4) is 0 Å². The molecule has 0 saturated carbocycles. The largest absolute Gasteiger partial charge is 0.376 e. The molecule has 25 heavy (non-hydrogen) atoms. The molecule has 1 aliphatic rings. The Hall–Kier alpha value is -2.74. The number of benzene rings is 1. The molecule has 1 aliphatic heterocycles. The molecular weight excluding hydrogens is 327 g/mol. The van der Waals surface area contributed by atoms with Crippen molar-refractivity contribution < 1.29 is 13.9 Å². The third-order valence-corrected chi connectivity index (χ3v) is 4.41. The van der Waals surface area contributed by atoms with Crippen LogP contribution in [0.4, 0.5) is 4.39 Å². The SMILES string of the molecule is O=C(Cn1ncn2c(cc3cc(F)ccc32)c1=O)NC[C@@H]1CCCO1. The molecule has 1 fully saturated rings. The van der Waals surface area contributed by atoms with Gasteiger partial charge in [-0.25, -0.2) is 9.07 Å². The van der Waals surface area contributed by atoms with E-state index in [0.29, 0.717) is 23.0 Å². The van der Waals surface area contributed by atoms with Crippen molar-refractivity contribution in [3.05, 3.63) is 46.8 Å². The number of carbonyl (C=O) groups is 1. The fraction of sp³-hybridized carbons (Fsp3) is 0.353.